The number of sulfonamides is 1. The standard InChI is InChI=1S/C18H19FN4O3S/c1-10-15(18-23-22-17(26-18)13-5-6-13)16(11(2)21-10)27(24,25)20-9-12-3-7-14(19)8-4-12/h3-4,7-8,13,20-21H,5-6,9H2,1-2H3. The average Bonchev–Trinajstić information content (AvgIpc) is 3.27. The van der Waals surface area contributed by atoms with Gasteiger partial charge in [0.1, 0.15) is 10.7 Å². The zero-order valence-electron chi connectivity index (χ0n) is 14.9. The molecule has 0 unspecified atom stereocenters. The van der Waals surface area contributed by atoms with E-state index < -0.39 is 10.0 Å². The van der Waals surface area contributed by atoms with Gasteiger partial charge in [0.05, 0.1) is 5.56 Å². The van der Waals surface area contributed by atoms with Gasteiger partial charge in [0, 0.05) is 23.9 Å². The molecule has 0 saturated heterocycles. The number of hydrogen-bond acceptors (Lipinski definition) is 5. The molecular weight excluding hydrogens is 371 g/mol. The summed E-state index contributed by atoms with van der Waals surface area (Å²) in [5.74, 6) is 0.652. The fourth-order valence-electron chi connectivity index (χ4n) is 3.04. The number of aryl methyl sites for hydroxylation is 2. The number of nitrogens with one attached hydrogen (secondary N) is 2. The van der Waals surface area contributed by atoms with Crippen LogP contribution in [0.1, 0.15) is 41.6 Å². The van der Waals surface area contributed by atoms with Crippen LogP contribution in [0.4, 0.5) is 4.39 Å². The summed E-state index contributed by atoms with van der Waals surface area (Å²) in [5.41, 5.74) is 2.17. The first-order valence-corrected chi connectivity index (χ1v) is 10.1. The maximum atomic E-state index is 13.0. The maximum absolute atomic E-state index is 13.0. The number of nitrogens with zero attached hydrogens (tertiary/aromatic N) is 2. The molecule has 0 amide bonds. The molecule has 1 aliphatic carbocycles. The summed E-state index contributed by atoms with van der Waals surface area (Å²) in [6.07, 6.45) is 2.02. The molecule has 2 aromatic heterocycles. The Hall–Kier alpha value is -2.52. The van der Waals surface area contributed by atoms with Gasteiger partial charge in [0.15, 0.2) is 0 Å². The van der Waals surface area contributed by atoms with Gasteiger partial charge in [-0.2, -0.15) is 0 Å². The second kappa shape index (κ2) is 6.58. The van der Waals surface area contributed by atoms with Gasteiger partial charge >= 0.3 is 0 Å². The zero-order valence-corrected chi connectivity index (χ0v) is 15.7. The molecule has 2 N–H and O–H groups in total. The van der Waals surface area contributed by atoms with Crippen LogP contribution in [-0.4, -0.2) is 23.6 Å². The summed E-state index contributed by atoms with van der Waals surface area (Å²) in [5, 5.41) is 8.10. The average molecular weight is 390 g/mol. The highest BCUT2D eigenvalue weighted by molar-refractivity contribution is 7.89. The predicted octanol–water partition coefficient (Wildman–Crippen LogP) is 3.18. The molecule has 1 aliphatic rings. The highest BCUT2D eigenvalue weighted by Gasteiger charge is 2.32. The van der Waals surface area contributed by atoms with Crippen molar-refractivity contribution >= 4 is 10.0 Å². The van der Waals surface area contributed by atoms with E-state index in [0.29, 0.717) is 28.4 Å². The van der Waals surface area contributed by atoms with Crippen molar-refractivity contribution in [2.45, 2.75) is 44.0 Å². The molecule has 1 fully saturated rings. The SMILES string of the molecule is Cc1[nH]c(C)c(S(=O)(=O)NCc2ccc(F)cc2)c1-c1nnc(C2CC2)o1. The molecule has 142 valence electrons. The van der Waals surface area contributed by atoms with Crippen LogP contribution in [0, 0.1) is 19.7 Å². The minimum Gasteiger partial charge on any atom is -0.420 e. The Morgan fingerprint density at radius 1 is 1.19 bits per heavy atom. The first-order valence-electron chi connectivity index (χ1n) is 8.62. The molecule has 1 aromatic carbocycles. The van der Waals surface area contributed by atoms with Crippen molar-refractivity contribution in [3.63, 3.8) is 0 Å². The number of aromatic amines is 1. The highest BCUT2D eigenvalue weighted by atomic mass is 32.2. The van der Waals surface area contributed by atoms with Gasteiger partial charge in [-0.1, -0.05) is 12.1 Å². The Balaban J connectivity index is 1.66. The molecule has 7 nitrogen and oxygen atoms in total. The highest BCUT2D eigenvalue weighted by Crippen LogP contribution is 2.41. The van der Waals surface area contributed by atoms with E-state index in [1.54, 1.807) is 13.8 Å². The largest absolute Gasteiger partial charge is 0.420 e. The fourth-order valence-corrected chi connectivity index (χ4v) is 4.50. The van der Waals surface area contributed by atoms with Crippen LogP contribution in [0.2, 0.25) is 0 Å². The fraction of sp³-hybridized carbons (Fsp3) is 0.333. The Labute approximate surface area is 156 Å². The quantitative estimate of drug-likeness (QED) is 0.673. The lowest BCUT2D eigenvalue weighted by atomic mass is 10.2. The van der Waals surface area contributed by atoms with E-state index in [1.807, 2.05) is 0 Å². The lowest BCUT2D eigenvalue weighted by molar-refractivity contribution is 0.506. The number of aromatic nitrogens is 3. The second-order valence-electron chi connectivity index (χ2n) is 6.75. The van der Waals surface area contributed by atoms with Gasteiger partial charge in [-0.05, 0) is 44.4 Å². The van der Waals surface area contributed by atoms with E-state index in [9.17, 15) is 12.8 Å². The summed E-state index contributed by atoms with van der Waals surface area (Å²) < 4.78 is 47.2. The van der Waals surface area contributed by atoms with Gasteiger partial charge in [0.25, 0.3) is 5.89 Å². The normalized spacial score (nSPS) is 14.6. The van der Waals surface area contributed by atoms with E-state index in [2.05, 4.69) is 19.9 Å². The first-order chi connectivity index (χ1) is 12.8. The number of rotatable bonds is 6. The molecule has 0 radical (unpaired) electrons. The molecular formula is C18H19FN4O3S. The molecule has 0 bridgehead atoms. The van der Waals surface area contributed by atoms with E-state index in [1.165, 1.54) is 24.3 Å². The molecule has 1 saturated carbocycles. The summed E-state index contributed by atoms with van der Waals surface area (Å²) in [6, 6.07) is 5.65. The molecule has 27 heavy (non-hydrogen) atoms. The van der Waals surface area contributed by atoms with E-state index in [4.69, 9.17) is 4.42 Å². The van der Waals surface area contributed by atoms with Crippen LogP contribution in [-0.2, 0) is 16.6 Å². The minimum absolute atomic E-state index is 0.0445. The van der Waals surface area contributed by atoms with Crippen LogP contribution in [0.5, 0.6) is 0 Å². The second-order valence-corrected chi connectivity index (χ2v) is 8.45. The number of halogens is 1. The van der Waals surface area contributed by atoms with Crippen molar-refractivity contribution in [1.29, 1.82) is 0 Å². The van der Waals surface area contributed by atoms with E-state index in [0.717, 1.165) is 12.8 Å². The summed E-state index contributed by atoms with van der Waals surface area (Å²) in [6.45, 7) is 3.49. The molecule has 2 heterocycles. The van der Waals surface area contributed by atoms with Crippen molar-refractivity contribution in [3.05, 3.63) is 52.9 Å². The van der Waals surface area contributed by atoms with Gasteiger partial charge in [-0.25, -0.2) is 17.5 Å². The van der Waals surface area contributed by atoms with Crippen LogP contribution in [0.3, 0.4) is 0 Å². The molecule has 9 heteroatoms. The van der Waals surface area contributed by atoms with Crippen molar-refractivity contribution in [2.24, 2.45) is 0 Å². The van der Waals surface area contributed by atoms with Crippen LogP contribution in [0.25, 0.3) is 11.5 Å². The smallest absolute Gasteiger partial charge is 0.250 e. The van der Waals surface area contributed by atoms with Crippen molar-refractivity contribution < 1.29 is 17.2 Å². The minimum atomic E-state index is -3.86. The lowest BCUT2D eigenvalue weighted by Gasteiger charge is -2.08. The van der Waals surface area contributed by atoms with Crippen LogP contribution >= 0.6 is 0 Å². The zero-order chi connectivity index (χ0) is 19.2. The molecule has 0 aliphatic heterocycles. The maximum Gasteiger partial charge on any atom is 0.250 e. The predicted molar refractivity (Wildman–Crippen MR) is 96.0 cm³/mol. The molecule has 0 atom stereocenters. The number of H-pyrrole nitrogens is 1. The summed E-state index contributed by atoms with van der Waals surface area (Å²) in [7, 11) is -3.86. The first kappa shape index (κ1) is 17.9. The van der Waals surface area contributed by atoms with E-state index in [-0.39, 0.29) is 29.1 Å². The monoisotopic (exact) mass is 390 g/mol. The van der Waals surface area contributed by atoms with Gasteiger partial charge in [-0.3, -0.25) is 0 Å². The third-order valence-corrected chi connectivity index (χ3v) is 6.12. The van der Waals surface area contributed by atoms with E-state index >= 15 is 0 Å². The Bertz CT molecular complexity index is 1080. The van der Waals surface area contributed by atoms with Gasteiger partial charge < -0.3 is 9.40 Å². The van der Waals surface area contributed by atoms with Crippen molar-refractivity contribution in [3.8, 4) is 11.5 Å². The summed E-state index contributed by atoms with van der Waals surface area (Å²) >= 11 is 0. The van der Waals surface area contributed by atoms with Crippen LogP contribution < -0.4 is 4.72 Å². The number of hydrogen-bond donors (Lipinski definition) is 2. The Morgan fingerprint density at radius 3 is 2.56 bits per heavy atom. The summed E-state index contributed by atoms with van der Waals surface area (Å²) in [4.78, 5) is 3.13. The third kappa shape index (κ3) is 3.52. The number of benzene rings is 1. The van der Waals surface area contributed by atoms with Crippen molar-refractivity contribution in [1.82, 2.24) is 19.9 Å². The van der Waals surface area contributed by atoms with Gasteiger partial charge in [-0.15, -0.1) is 10.2 Å². The lowest BCUT2D eigenvalue weighted by Crippen LogP contribution is -2.24. The molecule has 4 rings (SSSR count). The van der Waals surface area contributed by atoms with Gasteiger partial charge in [0.2, 0.25) is 15.9 Å². The van der Waals surface area contributed by atoms with Crippen molar-refractivity contribution in [2.75, 3.05) is 0 Å². The Morgan fingerprint density at radius 2 is 1.89 bits per heavy atom. The molecule has 0 spiro atoms. The topological polar surface area (TPSA) is 101 Å². The third-order valence-electron chi connectivity index (χ3n) is 4.55. The Kier molecular flexibility index (Phi) is 4.35. The molecule has 3 aromatic rings. The van der Waals surface area contributed by atoms with Crippen LogP contribution in [0.15, 0.2) is 33.6 Å².